The fourth-order valence-corrected chi connectivity index (χ4v) is 0.887. The molecule has 0 spiro atoms. The highest BCUT2D eigenvalue weighted by atomic mass is 15.1. The second-order valence-electron chi connectivity index (χ2n) is 2.57. The molecule has 0 bridgehead atoms. The van der Waals surface area contributed by atoms with Crippen molar-refractivity contribution in [2.24, 2.45) is 5.73 Å². The van der Waals surface area contributed by atoms with E-state index >= 15 is 0 Å². The first-order chi connectivity index (χ1) is 5.11. The summed E-state index contributed by atoms with van der Waals surface area (Å²) in [5.74, 6) is 0.158. The molecule has 0 aliphatic heterocycles. The normalized spacial score (nSPS) is 10.0. The summed E-state index contributed by atoms with van der Waals surface area (Å²) in [7, 11) is 0. The number of nitrogens with two attached hydrogens (primary N) is 1. The summed E-state index contributed by atoms with van der Waals surface area (Å²) in [6, 6.07) is 0. The Morgan fingerprint density at radius 3 is 2.73 bits per heavy atom. The number of hydrogen-bond acceptors (Lipinski definition) is 2. The molecule has 0 unspecified atom stereocenters. The summed E-state index contributed by atoms with van der Waals surface area (Å²) in [6.45, 7) is 4.34. The Morgan fingerprint density at radius 1 is 1.73 bits per heavy atom. The molecule has 0 atom stereocenters. The molecule has 0 saturated carbocycles. The Hall–Kier alpha value is -1.32. The smallest absolute Gasteiger partial charge is 0.111 e. The van der Waals surface area contributed by atoms with Gasteiger partial charge >= 0.3 is 0 Å². The highest BCUT2D eigenvalue weighted by Crippen LogP contribution is 2.02. The SMILES string of the molecule is Cc1ncn(CC(=N)N)c1C. The second kappa shape index (κ2) is 2.74. The van der Waals surface area contributed by atoms with Gasteiger partial charge in [0, 0.05) is 5.69 Å². The molecule has 1 rings (SSSR count). The molecule has 0 aliphatic rings. The molecular formula is C7H12N4. The van der Waals surface area contributed by atoms with Crippen LogP contribution < -0.4 is 5.73 Å². The van der Waals surface area contributed by atoms with Gasteiger partial charge in [0.05, 0.1) is 18.6 Å². The van der Waals surface area contributed by atoms with Crippen LogP contribution in [0, 0.1) is 19.3 Å². The van der Waals surface area contributed by atoms with Crippen molar-refractivity contribution in [3.63, 3.8) is 0 Å². The largest absolute Gasteiger partial charge is 0.386 e. The van der Waals surface area contributed by atoms with Gasteiger partial charge in [0.2, 0.25) is 0 Å². The molecule has 0 amide bonds. The van der Waals surface area contributed by atoms with Crippen molar-refractivity contribution in [2.75, 3.05) is 0 Å². The predicted molar refractivity (Wildman–Crippen MR) is 43.6 cm³/mol. The molecule has 1 heterocycles. The summed E-state index contributed by atoms with van der Waals surface area (Å²) < 4.78 is 1.86. The number of aryl methyl sites for hydroxylation is 1. The van der Waals surface area contributed by atoms with Crippen LogP contribution in [0.4, 0.5) is 0 Å². The Bertz CT molecular complexity index is 274. The van der Waals surface area contributed by atoms with Gasteiger partial charge in [0.25, 0.3) is 0 Å². The number of nitrogens with zero attached hydrogens (tertiary/aromatic N) is 2. The van der Waals surface area contributed by atoms with Crippen LogP contribution in [0.5, 0.6) is 0 Å². The third-order valence-corrected chi connectivity index (χ3v) is 1.69. The van der Waals surface area contributed by atoms with Crippen LogP contribution in [0.1, 0.15) is 11.4 Å². The average molecular weight is 152 g/mol. The maximum atomic E-state index is 7.07. The van der Waals surface area contributed by atoms with Crippen LogP contribution in [-0.4, -0.2) is 15.4 Å². The zero-order chi connectivity index (χ0) is 8.43. The fraction of sp³-hybridized carbons (Fsp3) is 0.429. The van der Waals surface area contributed by atoms with Crippen LogP contribution in [0.3, 0.4) is 0 Å². The third-order valence-electron chi connectivity index (χ3n) is 1.69. The molecule has 0 saturated heterocycles. The summed E-state index contributed by atoms with van der Waals surface area (Å²) in [5.41, 5.74) is 7.30. The maximum absolute atomic E-state index is 7.07. The van der Waals surface area contributed by atoms with Gasteiger partial charge in [-0.3, -0.25) is 5.41 Å². The van der Waals surface area contributed by atoms with Crippen molar-refractivity contribution in [2.45, 2.75) is 20.4 Å². The zero-order valence-electron chi connectivity index (χ0n) is 6.76. The Kier molecular flexibility index (Phi) is 1.94. The van der Waals surface area contributed by atoms with E-state index < -0.39 is 0 Å². The van der Waals surface area contributed by atoms with Crippen LogP contribution in [0.15, 0.2) is 6.33 Å². The summed E-state index contributed by atoms with van der Waals surface area (Å²) >= 11 is 0. The van der Waals surface area contributed by atoms with E-state index in [1.807, 2.05) is 18.4 Å². The molecule has 1 aromatic rings. The molecule has 0 aromatic carbocycles. The van der Waals surface area contributed by atoms with E-state index in [1.165, 1.54) is 0 Å². The fourth-order valence-electron chi connectivity index (χ4n) is 0.887. The number of amidine groups is 1. The van der Waals surface area contributed by atoms with Crippen molar-refractivity contribution in [3.8, 4) is 0 Å². The standard InChI is InChI=1S/C7H12N4/c1-5-6(2)11(4-10-5)3-7(8)9/h4H,3H2,1-2H3,(H3,8,9). The number of hydrogen-bond donors (Lipinski definition) is 2. The Morgan fingerprint density at radius 2 is 2.36 bits per heavy atom. The lowest BCUT2D eigenvalue weighted by molar-refractivity contribution is 0.807. The molecule has 0 aliphatic carbocycles. The van der Waals surface area contributed by atoms with E-state index in [2.05, 4.69) is 4.98 Å². The predicted octanol–water partition coefficient (Wildman–Crippen LogP) is 0.436. The van der Waals surface area contributed by atoms with E-state index in [0.29, 0.717) is 6.54 Å². The van der Waals surface area contributed by atoms with Gasteiger partial charge in [0.15, 0.2) is 0 Å². The molecule has 3 N–H and O–H groups in total. The minimum absolute atomic E-state index is 0.158. The molecule has 60 valence electrons. The van der Waals surface area contributed by atoms with E-state index in [0.717, 1.165) is 11.4 Å². The van der Waals surface area contributed by atoms with Crippen LogP contribution in [0.2, 0.25) is 0 Å². The summed E-state index contributed by atoms with van der Waals surface area (Å²) in [5, 5.41) is 7.07. The van der Waals surface area contributed by atoms with Crippen LogP contribution >= 0.6 is 0 Å². The first-order valence-electron chi connectivity index (χ1n) is 3.42. The Labute approximate surface area is 65.6 Å². The minimum atomic E-state index is 0.158. The van der Waals surface area contributed by atoms with E-state index in [9.17, 15) is 0 Å². The van der Waals surface area contributed by atoms with Crippen molar-refractivity contribution < 1.29 is 0 Å². The first-order valence-corrected chi connectivity index (χ1v) is 3.42. The van der Waals surface area contributed by atoms with Gasteiger partial charge < -0.3 is 10.3 Å². The second-order valence-corrected chi connectivity index (χ2v) is 2.57. The molecule has 0 fully saturated rings. The Balaban J connectivity index is 2.87. The van der Waals surface area contributed by atoms with Gasteiger partial charge in [-0.2, -0.15) is 0 Å². The number of aromatic nitrogens is 2. The van der Waals surface area contributed by atoms with Gasteiger partial charge in [-0.25, -0.2) is 4.98 Å². The van der Waals surface area contributed by atoms with E-state index in [4.69, 9.17) is 11.1 Å². The van der Waals surface area contributed by atoms with Crippen LogP contribution in [-0.2, 0) is 6.54 Å². The summed E-state index contributed by atoms with van der Waals surface area (Å²) in [6.07, 6.45) is 1.70. The zero-order valence-corrected chi connectivity index (χ0v) is 6.76. The number of imidazole rings is 1. The quantitative estimate of drug-likeness (QED) is 0.477. The van der Waals surface area contributed by atoms with E-state index in [1.54, 1.807) is 6.33 Å². The highest BCUT2D eigenvalue weighted by Gasteiger charge is 2.01. The number of nitrogens with one attached hydrogen (secondary N) is 1. The lowest BCUT2D eigenvalue weighted by Gasteiger charge is -2.01. The van der Waals surface area contributed by atoms with E-state index in [-0.39, 0.29) is 5.84 Å². The van der Waals surface area contributed by atoms with Crippen LogP contribution in [0.25, 0.3) is 0 Å². The summed E-state index contributed by atoms with van der Waals surface area (Å²) in [4.78, 5) is 4.08. The van der Waals surface area contributed by atoms with Crippen molar-refractivity contribution in [1.29, 1.82) is 5.41 Å². The lowest BCUT2D eigenvalue weighted by Crippen LogP contribution is -2.18. The third kappa shape index (κ3) is 1.58. The minimum Gasteiger partial charge on any atom is -0.386 e. The van der Waals surface area contributed by atoms with Gasteiger partial charge in [-0.05, 0) is 13.8 Å². The highest BCUT2D eigenvalue weighted by molar-refractivity contribution is 5.76. The molecule has 4 heteroatoms. The van der Waals surface area contributed by atoms with Gasteiger partial charge in [-0.1, -0.05) is 0 Å². The van der Waals surface area contributed by atoms with Crippen molar-refractivity contribution >= 4 is 5.84 Å². The van der Waals surface area contributed by atoms with Crippen molar-refractivity contribution in [1.82, 2.24) is 9.55 Å². The van der Waals surface area contributed by atoms with Gasteiger partial charge in [-0.15, -0.1) is 0 Å². The molecule has 11 heavy (non-hydrogen) atoms. The van der Waals surface area contributed by atoms with Gasteiger partial charge in [0.1, 0.15) is 5.84 Å². The lowest BCUT2D eigenvalue weighted by atomic mass is 10.4. The topological polar surface area (TPSA) is 67.7 Å². The average Bonchev–Trinajstić information content (AvgIpc) is 2.18. The monoisotopic (exact) mass is 152 g/mol. The van der Waals surface area contributed by atoms with Crippen molar-refractivity contribution in [3.05, 3.63) is 17.7 Å². The molecule has 1 aromatic heterocycles. The number of rotatable bonds is 2. The maximum Gasteiger partial charge on any atom is 0.111 e. The molecule has 0 radical (unpaired) electrons. The molecular weight excluding hydrogens is 140 g/mol. The molecule has 4 nitrogen and oxygen atoms in total. The first kappa shape index (κ1) is 7.78.